The van der Waals surface area contributed by atoms with Crippen molar-refractivity contribution in [2.45, 2.75) is 6.42 Å². The maximum atomic E-state index is 4.05. The zero-order valence-corrected chi connectivity index (χ0v) is 8.07. The minimum absolute atomic E-state index is 0.806. The van der Waals surface area contributed by atoms with Crippen molar-refractivity contribution in [1.82, 2.24) is 20.4 Å². The van der Waals surface area contributed by atoms with Gasteiger partial charge in [-0.15, -0.1) is 0 Å². The fraction of sp³-hybridized carbons (Fsp3) is 0.0909. The van der Waals surface area contributed by atoms with Gasteiger partial charge in [-0.2, -0.15) is 15.4 Å². The highest BCUT2D eigenvalue weighted by molar-refractivity contribution is 5.83. The minimum Gasteiger partial charge on any atom is -0.361 e. The Morgan fingerprint density at radius 1 is 1.20 bits per heavy atom. The van der Waals surface area contributed by atoms with Gasteiger partial charge in [0.15, 0.2) is 0 Å². The van der Waals surface area contributed by atoms with Crippen LogP contribution in [-0.2, 0) is 6.42 Å². The molecule has 0 spiro atoms. The molecule has 0 saturated heterocycles. The highest BCUT2D eigenvalue weighted by Crippen LogP contribution is 2.19. The molecule has 2 heterocycles. The summed E-state index contributed by atoms with van der Waals surface area (Å²) in [4.78, 5) is 3.24. The molecule has 3 rings (SSSR count). The minimum atomic E-state index is 0.806. The molecule has 4 heteroatoms. The zero-order chi connectivity index (χ0) is 10.1. The van der Waals surface area contributed by atoms with Crippen LogP contribution in [0.5, 0.6) is 0 Å². The number of para-hydroxylation sites is 1. The van der Waals surface area contributed by atoms with Gasteiger partial charge in [-0.25, -0.2) is 0 Å². The van der Waals surface area contributed by atoms with Crippen LogP contribution in [-0.4, -0.2) is 20.4 Å². The first-order chi connectivity index (χ1) is 7.43. The number of hydrogen-bond acceptors (Lipinski definition) is 2. The number of hydrogen-bond donors (Lipinski definition) is 2. The molecular formula is C11H10N4. The molecule has 0 amide bonds. The second kappa shape index (κ2) is 3.24. The van der Waals surface area contributed by atoms with Crippen molar-refractivity contribution in [1.29, 1.82) is 0 Å². The highest BCUT2D eigenvalue weighted by atomic mass is 15.3. The van der Waals surface area contributed by atoms with E-state index in [1.807, 2.05) is 18.3 Å². The summed E-state index contributed by atoms with van der Waals surface area (Å²) in [7, 11) is 0. The van der Waals surface area contributed by atoms with Gasteiger partial charge in [0.2, 0.25) is 0 Å². The predicted molar refractivity (Wildman–Crippen MR) is 57.5 cm³/mol. The molecule has 0 saturated carbocycles. The lowest BCUT2D eigenvalue weighted by atomic mass is 10.1. The molecule has 74 valence electrons. The quantitative estimate of drug-likeness (QED) is 0.660. The number of H-pyrrole nitrogens is 2. The fourth-order valence-corrected chi connectivity index (χ4v) is 1.78. The third kappa shape index (κ3) is 1.40. The molecule has 15 heavy (non-hydrogen) atoms. The van der Waals surface area contributed by atoms with Crippen LogP contribution < -0.4 is 0 Å². The van der Waals surface area contributed by atoms with Gasteiger partial charge in [-0.1, -0.05) is 18.2 Å². The van der Waals surface area contributed by atoms with Gasteiger partial charge < -0.3 is 4.98 Å². The first-order valence-corrected chi connectivity index (χ1v) is 4.83. The van der Waals surface area contributed by atoms with Crippen molar-refractivity contribution in [3.8, 4) is 0 Å². The van der Waals surface area contributed by atoms with E-state index < -0.39 is 0 Å². The average Bonchev–Trinajstić information content (AvgIpc) is 2.89. The molecule has 3 aromatic rings. The van der Waals surface area contributed by atoms with Crippen LogP contribution in [0.25, 0.3) is 10.9 Å². The van der Waals surface area contributed by atoms with Crippen LogP contribution in [0.2, 0.25) is 0 Å². The van der Waals surface area contributed by atoms with Gasteiger partial charge in [-0.3, -0.25) is 0 Å². The number of rotatable bonds is 2. The number of nitrogens with zero attached hydrogens (tertiary/aromatic N) is 2. The monoisotopic (exact) mass is 198 g/mol. The van der Waals surface area contributed by atoms with Crippen molar-refractivity contribution in [2.75, 3.05) is 0 Å². The van der Waals surface area contributed by atoms with E-state index in [2.05, 4.69) is 32.5 Å². The van der Waals surface area contributed by atoms with Gasteiger partial charge in [0.25, 0.3) is 0 Å². The Kier molecular flexibility index (Phi) is 1.78. The largest absolute Gasteiger partial charge is 0.361 e. The predicted octanol–water partition coefficient (Wildman–Crippen LogP) is 1.88. The molecular weight excluding hydrogens is 188 g/mol. The van der Waals surface area contributed by atoms with Crippen LogP contribution in [0, 0.1) is 0 Å². The summed E-state index contributed by atoms with van der Waals surface area (Å²) >= 11 is 0. The fourth-order valence-electron chi connectivity index (χ4n) is 1.78. The molecule has 0 aliphatic rings. The molecule has 2 aromatic heterocycles. The van der Waals surface area contributed by atoms with Crippen molar-refractivity contribution >= 4 is 10.9 Å². The normalized spacial score (nSPS) is 10.9. The average molecular weight is 198 g/mol. The molecule has 0 radical (unpaired) electrons. The van der Waals surface area contributed by atoms with E-state index in [0.29, 0.717) is 0 Å². The Morgan fingerprint density at radius 3 is 3.00 bits per heavy atom. The summed E-state index contributed by atoms with van der Waals surface area (Å²) in [6.07, 6.45) is 4.58. The van der Waals surface area contributed by atoms with E-state index in [1.165, 1.54) is 10.9 Å². The maximum Gasteiger partial charge on any atom is 0.0869 e. The van der Waals surface area contributed by atoms with Crippen molar-refractivity contribution in [3.05, 3.63) is 47.9 Å². The molecule has 0 aliphatic carbocycles. The molecule has 0 atom stereocenters. The van der Waals surface area contributed by atoms with Gasteiger partial charge in [0.1, 0.15) is 0 Å². The van der Waals surface area contributed by atoms with Gasteiger partial charge in [0, 0.05) is 23.5 Å². The summed E-state index contributed by atoms with van der Waals surface area (Å²) in [5, 5.41) is 11.7. The molecule has 0 aliphatic heterocycles. The van der Waals surface area contributed by atoms with Crippen LogP contribution in [0.4, 0.5) is 0 Å². The summed E-state index contributed by atoms with van der Waals surface area (Å²) < 4.78 is 0. The van der Waals surface area contributed by atoms with Crippen molar-refractivity contribution < 1.29 is 0 Å². The standard InChI is InChI=1S/C11H10N4/c1-2-4-11-10(3-1)8(6-12-11)5-9-7-13-15-14-9/h1-4,6-7,12H,5H2,(H,13,14,15). The Labute approximate surface area is 86.3 Å². The lowest BCUT2D eigenvalue weighted by Crippen LogP contribution is -1.86. The Bertz CT molecular complexity index is 565. The van der Waals surface area contributed by atoms with Gasteiger partial charge in [0.05, 0.1) is 11.9 Å². The summed E-state index contributed by atoms with van der Waals surface area (Å²) in [6.45, 7) is 0. The van der Waals surface area contributed by atoms with Gasteiger partial charge >= 0.3 is 0 Å². The first kappa shape index (κ1) is 8.23. The van der Waals surface area contributed by atoms with E-state index in [1.54, 1.807) is 6.20 Å². The van der Waals surface area contributed by atoms with Gasteiger partial charge in [-0.05, 0) is 11.6 Å². The Balaban J connectivity index is 2.05. The smallest absolute Gasteiger partial charge is 0.0869 e. The summed E-state index contributed by atoms with van der Waals surface area (Å²) in [5.41, 5.74) is 3.37. The molecule has 1 aromatic carbocycles. The third-order valence-electron chi connectivity index (χ3n) is 2.51. The molecule has 0 bridgehead atoms. The third-order valence-corrected chi connectivity index (χ3v) is 2.51. The number of aromatic amines is 2. The van der Waals surface area contributed by atoms with Crippen LogP contribution in [0.1, 0.15) is 11.3 Å². The molecule has 4 nitrogen and oxygen atoms in total. The Hall–Kier alpha value is -2.10. The van der Waals surface area contributed by atoms with Crippen molar-refractivity contribution in [2.24, 2.45) is 0 Å². The van der Waals surface area contributed by atoms with Crippen LogP contribution >= 0.6 is 0 Å². The zero-order valence-electron chi connectivity index (χ0n) is 8.07. The summed E-state index contributed by atoms with van der Waals surface area (Å²) in [5.74, 6) is 0. The van der Waals surface area contributed by atoms with E-state index in [9.17, 15) is 0 Å². The number of nitrogens with one attached hydrogen (secondary N) is 2. The number of benzene rings is 1. The molecule has 2 N–H and O–H groups in total. The molecule has 0 fully saturated rings. The second-order valence-electron chi connectivity index (χ2n) is 3.50. The van der Waals surface area contributed by atoms with Crippen molar-refractivity contribution in [3.63, 3.8) is 0 Å². The highest BCUT2D eigenvalue weighted by Gasteiger charge is 2.04. The topological polar surface area (TPSA) is 57.4 Å². The van der Waals surface area contributed by atoms with Crippen LogP contribution in [0.15, 0.2) is 36.7 Å². The Morgan fingerprint density at radius 2 is 2.13 bits per heavy atom. The SMILES string of the molecule is c1ccc2c(Cc3cn[nH]n3)c[nH]c2c1. The maximum absolute atomic E-state index is 4.05. The second-order valence-corrected chi connectivity index (χ2v) is 3.50. The molecule has 0 unspecified atom stereocenters. The van der Waals surface area contributed by atoms with E-state index in [-0.39, 0.29) is 0 Å². The number of fused-ring (bicyclic) bond motifs is 1. The summed E-state index contributed by atoms with van der Waals surface area (Å²) in [6, 6.07) is 8.25. The lowest BCUT2D eigenvalue weighted by molar-refractivity contribution is 0.916. The van der Waals surface area contributed by atoms with E-state index in [0.717, 1.165) is 17.6 Å². The van der Waals surface area contributed by atoms with E-state index >= 15 is 0 Å². The lowest BCUT2D eigenvalue weighted by Gasteiger charge is -1.94. The van der Waals surface area contributed by atoms with Crippen LogP contribution in [0.3, 0.4) is 0 Å². The number of aromatic nitrogens is 4. The first-order valence-electron chi connectivity index (χ1n) is 4.83. The van der Waals surface area contributed by atoms with E-state index in [4.69, 9.17) is 0 Å².